The van der Waals surface area contributed by atoms with Crippen LogP contribution < -0.4 is 14.8 Å². The molecule has 3 aromatic rings. The fourth-order valence-corrected chi connectivity index (χ4v) is 5.43. The maximum Gasteiger partial charge on any atom is 0.243 e. The van der Waals surface area contributed by atoms with Crippen LogP contribution in [0.3, 0.4) is 0 Å². The van der Waals surface area contributed by atoms with Crippen LogP contribution in [0.4, 0.5) is 0 Å². The number of hydrogen-bond acceptors (Lipinski definition) is 4. The Labute approximate surface area is 239 Å². The third-order valence-electron chi connectivity index (χ3n) is 7.08. The quantitative estimate of drug-likeness (QED) is 0.236. The van der Waals surface area contributed by atoms with Gasteiger partial charge in [0.1, 0.15) is 17.5 Å². The van der Waals surface area contributed by atoms with Gasteiger partial charge in [-0.2, -0.15) is 0 Å². The Bertz CT molecular complexity index is 1200. The molecule has 0 saturated heterocycles. The number of carbonyl (C=O) groups is 2. The summed E-state index contributed by atoms with van der Waals surface area (Å²) in [5.41, 5.74) is 2.00. The highest BCUT2D eigenvalue weighted by Crippen LogP contribution is 2.22. The maximum atomic E-state index is 13.8. The molecule has 7 heteroatoms. The minimum absolute atomic E-state index is 0.0594. The topological polar surface area (TPSA) is 67.9 Å². The van der Waals surface area contributed by atoms with E-state index >= 15 is 0 Å². The lowest BCUT2D eigenvalue weighted by atomic mass is 10.0. The molecule has 0 heterocycles. The van der Waals surface area contributed by atoms with E-state index in [1.165, 1.54) is 0 Å². The van der Waals surface area contributed by atoms with E-state index in [9.17, 15) is 9.59 Å². The predicted octanol–water partition coefficient (Wildman–Crippen LogP) is 6.32. The molecule has 1 N–H and O–H groups in total. The summed E-state index contributed by atoms with van der Waals surface area (Å²) in [6.45, 7) is 0.758. The summed E-state index contributed by atoms with van der Waals surface area (Å²) in [6, 6.07) is 24.8. The minimum atomic E-state index is -0.609. The van der Waals surface area contributed by atoms with Crippen LogP contribution in [0.25, 0.3) is 0 Å². The fourth-order valence-electron chi connectivity index (χ4n) is 4.98. The van der Waals surface area contributed by atoms with Crippen molar-refractivity contribution in [3.63, 3.8) is 0 Å². The van der Waals surface area contributed by atoms with Crippen LogP contribution in [-0.2, 0) is 22.6 Å². The Balaban J connectivity index is 1.50. The van der Waals surface area contributed by atoms with Gasteiger partial charge >= 0.3 is 0 Å². The Morgan fingerprint density at radius 1 is 0.949 bits per heavy atom. The van der Waals surface area contributed by atoms with Gasteiger partial charge in [0.2, 0.25) is 11.8 Å². The molecular formula is C32H37BrN2O4. The number of hydrogen-bond donors (Lipinski definition) is 1. The van der Waals surface area contributed by atoms with Gasteiger partial charge < -0.3 is 19.7 Å². The zero-order valence-corrected chi connectivity index (χ0v) is 24.1. The van der Waals surface area contributed by atoms with Gasteiger partial charge in [0.15, 0.2) is 0 Å². The predicted molar refractivity (Wildman–Crippen MR) is 157 cm³/mol. The molecule has 1 fully saturated rings. The first-order valence-electron chi connectivity index (χ1n) is 13.7. The second-order valence-corrected chi connectivity index (χ2v) is 10.9. The van der Waals surface area contributed by atoms with Crippen molar-refractivity contribution in [1.29, 1.82) is 0 Å². The molecular weight excluding hydrogens is 556 g/mol. The first kappa shape index (κ1) is 28.7. The summed E-state index contributed by atoms with van der Waals surface area (Å²) in [6.07, 6.45) is 5.53. The molecule has 2 amide bonds. The van der Waals surface area contributed by atoms with Gasteiger partial charge in [-0.1, -0.05) is 71.2 Å². The number of methoxy groups -OCH3 is 1. The third-order valence-corrected chi connectivity index (χ3v) is 7.57. The molecule has 1 atom stereocenters. The maximum absolute atomic E-state index is 13.8. The lowest BCUT2D eigenvalue weighted by Crippen LogP contribution is -2.52. The highest BCUT2D eigenvalue weighted by Gasteiger charge is 2.32. The van der Waals surface area contributed by atoms with E-state index in [1.54, 1.807) is 12.0 Å². The minimum Gasteiger partial charge on any atom is -0.497 e. The van der Waals surface area contributed by atoms with E-state index in [0.717, 1.165) is 52.8 Å². The molecule has 39 heavy (non-hydrogen) atoms. The summed E-state index contributed by atoms with van der Waals surface area (Å²) in [7, 11) is 1.63. The lowest BCUT2D eigenvalue weighted by molar-refractivity contribution is -0.141. The van der Waals surface area contributed by atoms with Crippen molar-refractivity contribution >= 4 is 27.7 Å². The number of benzene rings is 3. The SMILES string of the molecule is COc1ccc(OCCCC(=O)N(Cc2cccc(Br)c2)[C@@H](Cc2ccccc2)C(=O)NC2CCCC2)cc1. The number of amides is 2. The molecule has 4 rings (SSSR count). The van der Waals surface area contributed by atoms with E-state index in [1.807, 2.05) is 78.9 Å². The summed E-state index contributed by atoms with van der Waals surface area (Å²) in [4.78, 5) is 29.2. The van der Waals surface area contributed by atoms with E-state index in [2.05, 4.69) is 21.2 Å². The first-order valence-corrected chi connectivity index (χ1v) is 14.5. The van der Waals surface area contributed by atoms with Crippen molar-refractivity contribution in [2.45, 2.75) is 63.6 Å². The molecule has 0 bridgehead atoms. The highest BCUT2D eigenvalue weighted by molar-refractivity contribution is 9.10. The second kappa shape index (κ2) is 14.7. The van der Waals surface area contributed by atoms with Crippen molar-refractivity contribution in [1.82, 2.24) is 10.2 Å². The van der Waals surface area contributed by atoms with Crippen LogP contribution in [0.5, 0.6) is 11.5 Å². The molecule has 3 aromatic carbocycles. The van der Waals surface area contributed by atoms with Crippen molar-refractivity contribution in [2.75, 3.05) is 13.7 Å². The van der Waals surface area contributed by atoms with Gasteiger partial charge in [-0.3, -0.25) is 9.59 Å². The number of nitrogens with zero attached hydrogens (tertiary/aromatic N) is 1. The van der Waals surface area contributed by atoms with Crippen molar-refractivity contribution < 1.29 is 19.1 Å². The summed E-state index contributed by atoms with van der Waals surface area (Å²) < 4.78 is 12.0. The smallest absolute Gasteiger partial charge is 0.243 e. The monoisotopic (exact) mass is 592 g/mol. The summed E-state index contributed by atoms with van der Waals surface area (Å²) >= 11 is 3.54. The van der Waals surface area contributed by atoms with Crippen LogP contribution in [0.15, 0.2) is 83.3 Å². The number of carbonyl (C=O) groups excluding carboxylic acids is 2. The lowest BCUT2D eigenvalue weighted by Gasteiger charge is -2.32. The van der Waals surface area contributed by atoms with Gasteiger partial charge in [0.05, 0.1) is 13.7 Å². The molecule has 0 spiro atoms. The Kier molecular flexibility index (Phi) is 10.8. The fraction of sp³-hybridized carbons (Fsp3) is 0.375. The second-order valence-electron chi connectivity index (χ2n) is 9.97. The average Bonchev–Trinajstić information content (AvgIpc) is 3.47. The van der Waals surface area contributed by atoms with Gasteiger partial charge in [-0.05, 0) is 66.8 Å². The van der Waals surface area contributed by atoms with Crippen LogP contribution in [0.1, 0.15) is 49.7 Å². The van der Waals surface area contributed by atoms with Gasteiger partial charge in [0, 0.05) is 29.9 Å². The van der Waals surface area contributed by atoms with E-state index in [0.29, 0.717) is 26.0 Å². The Morgan fingerprint density at radius 3 is 2.33 bits per heavy atom. The van der Waals surface area contributed by atoms with Gasteiger partial charge in [-0.15, -0.1) is 0 Å². The molecule has 1 aliphatic rings. The van der Waals surface area contributed by atoms with Crippen LogP contribution in [0.2, 0.25) is 0 Å². The number of halogens is 1. The molecule has 0 aromatic heterocycles. The number of nitrogens with one attached hydrogen (secondary N) is 1. The van der Waals surface area contributed by atoms with E-state index in [4.69, 9.17) is 9.47 Å². The molecule has 0 aliphatic heterocycles. The molecule has 6 nitrogen and oxygen atoms in total. The average molecular weight is 594 g/mol. The number of rotatable bonds is 13. The molecule has 1 aliphatic carbocycles. The summed E-state index contributed by atoms with van der Waals surface area (Å²) in [5.74, 6) is 1.35. The molecule has 1 saturated carbocycles. The van der Waals surface area contributed by atoms with Gasteiger partial charge in [-0.25, -0.2) is 0 Å². The first-order chi connectivity index (χ1) is 19.0. The summed E-state index contributed by atoms with van der Waals surface area (Å²) in [5, 5.41) is 3.25. The van der Waals surface area contributed by atoms with Crippen LogP contribution in [-0.4, -0.2) is 42.5 Å². The van der Waals surface area contributed by atoms with E-state index < -0.39 is 6.04 Å². The third kappa shape index (κ3) is 8.85. The molecule has 206 valence electrons. The normalized spacial score (nSPS) is 14.0. The molecule has 0 unspecified atom stereocenters. The zero-order chi connectivity index (χ0) is 27.5. The van der Waals surface area contributed by atoms with Crippen molar-refractivity contribution in [3.8, 4) is 11.5 Å². The van der Waals surface area contributed by atoms with Crippen LogP contribution >= 0.6 is 15.9 Å². The highest BCUT2D eigenvalue weighted by atomic mass is 79.9. The van der Waals surface area contributed by atoms with E-state index in [-0.39, 0.29) is 24.3 Å². The molecule has 0 radical (unpaired) electrons. The Morgan fingerprint density at radius 2 is 1.64 bits per heavy atom. The standard InChI is InChI=1S/C32H37BrN2O4/c1-38-28-16-18-29(19-17-28)39-20-8-15-31(36)35(23-25-11-7-12-26(33)21-25)30(22-24-9-3-2-4-10-24)32(37)34-27-13-5-6-14-27/h2-4,7,9-12,16-19,21,27,30H,5-6,8,13-15,20,22-23H2,1H3,(H,34,37)/t30-/m0/s1. The number of ether oxygens (including phenoxy) is 2. The largest absolute Gasteiger partial charge is 0.497 e. The zero-order valence-electron chi connectivity index (χ0n) is 22.5. The Hall–Kier alpha value is -3.32. The van der Waals surface area contributed by atoms with Crippen LogP contribution in [0, 0.1) is 0 Å². The van der Waals surface area contributed by atoms with Crippen molar-refractivity contribution in [2.24, 2.45) is 0 Å². The van der Waals surface area contributed by atoms with Gasteiger partial charge in [0.25, 0.3) is 0 Å². The van der Waals surface area contributed by atoms with Crippen molar-refractivity contribution in [3.05, 3.63) is 94.5 Å².